The molecule has 2 aromatic rings. The lowest BCUT2D eigenvalue weighted by Crippen LogP contribution is -2.49. The van der Waals surface area contributed by atoms with Crippen LogP contribution < -0.4 is 4.90 Å². The molecule has 0 unspecified atom stereocenters. The molecule has 1 aromatic carbocycles. The van der Waals surface area contributed by atoms with Crippen LogP contribution in [0.2, 0.25) is 0 Å². The SMILES string of the molecule is CC(C)(C)OC(=O)N1CCC2(CC1)CCN(c1ncnc3ccc(CC(F)(F)F)cc13)CC2. The highest BCUT2D eigenvalue weighted by Gasteiger charge is 2.40. The van der Waals surface area contributed by atoms with Crippen LogP contribution in [0, 0.1) is 5.41 Å². The molecule has 0 atom stereocenters. The maximum atomic E-state index is 12.9. The highest BCUT2D eigenvalue weighted by molar-refractivity contribution is 5.90. The van der Waals surface area contributed by atoms with Crippen molar-refractivity contribution in [1.29, 1.82) is 0 Å². The minimum absolute atomic E-state index is 0.180. The van der Waals surface area contributed by atoms with Gasteiger partial charge in [0.05, 0.1) is 11.9 Å². The number of carbonyl (C=O) groups is 1. The number of nitrogens with zero attached hydrogens (tertiary/aromatic N) is 4. The van der Waals surface area contributed by atoms with Gasteiger partial charge in [0.2, 0.25) is 0 Å². The number of benzene rings is 1. The van der Waals surface area contributed by atoms with Crippen molar-refractivity contribution in [2.45, 2.75) is 64.7 Å². The molecule has 2 aliphatic rings. The highest BCUT2D eigenvalue weighted by Crippen LogP contribution is 2.43. The summed E-state index contributed by atoms with van der Waals surface area (Å²) < 4.78 is 44.2. The summed E-state index contributed by atoms with van der Waals surface area (Å²) in [6, 6.07) is 4.69. The van der Waals surface area contributed by atoms with E-state index in [1.807, 2.05) is 20.8 Å². The third-order valence-corrected chi connectivity index (χ3v) is 6.68. The summed E-state index contributed by atoms with van der Waals surface area (Å²) in [5.41, 5.74) is 0.544. The van der Waals surface area contributed by atoms with Gasteiger partial charge in [0.25, 0.3) is 0 Å². The Morgan fingerprint density at radius 3 is 2.27 bits per heavy atom. The molecule has 33 heavy (non-hydrogen) atoms. The Labute approximate surface area is 192 Å². The molecule has 6 nitrogen and oxygen atoms in total. The van der Waals surface area contributed by atoms with E-state index in [2.05, 4.69) is 14.9 Å². The molecule has 1 amide bonds. The topological polar surface area (TPSA) is 58.6 Å². The van der Waals surface area contributed by atoms with Crippen LogP contribution >= 0.6 is 0 Å². The minimum atomic E-state index is -4.25. The molecule has 2 saturated heterocycles. The average molecular weight is 465 g/mol. The number of alkyl halides is 3. The fourth-order valence-corrected chi connectivity index (χ4v) is 4.87. The second-order valence-electron chi connectivity index (χ2n) is 10.3. The Kier molecular flexibility index (Phi) is 6.18. The maximum absolute atomic E-state index is 12.9. The Morgan fingerprint density at radius 1 is 1.03 bits per heavy atom. The van der Waals surface area contributed by atoms with Crippen LogP contribution in [0.4, 0.5) is 23.8 Å². The number of aromatic nitrogens is 2. The van der Waals surface area contributed by atoms with Gasteiger partial charge in [-0.2, -0.15) is 13.2 Å². The molecule has 1 spiro atoms. The summed E-state index contributed by atoms with van der Waals surface area (Å²) in [4.78, 5) is 25.0. The zero-order valence-electron chi connectivity index (χ0n) is 19.4. The largest absolute Gasteiger partial charge is 0.444 e. The number of ether oxygens (including phenoxy) is 1. The number of anilines is 1. The molecule has 3 heterocycles. The normalized spacial score (nSPS) is 19.2. The van der Waals surface area contributed by atoms with Gasteiger partial charge in [0.15, 0.2) is 0 Å². The van der Waals surface area contributed by atoms with Crippen LogP contribution in [0.3, 0.4) is 0 Å². The van der Waals surface area contributed by atoms with E-state index in [9.17, 15) is 18.0 Å². The van der Waals surface area contributed by atoms with Crippen LogP contribution in [0.25, 0.3) is 10.9 Å². The monoisotopic (exact) mass is 464 g/mol. The van der Waals surface area contributed by atoms with E-state index in [0.717, 1.165) is 38.8 Å². The van der Waals surface area contributed by atoms with Crippen LogP contribution in [-0.4, -0.2) is 58.9 Å². The fourth-order valence-electron chi connectivity index (χ4n) is 4.87. The summed E-state index contributed by atoms with van der Waals surface area (Å²) in [5.74, 6) is 0.699. The summed E-state index contributed by atoms with van der Waals surface area (Å²) >= 11 is 0. The van der Waals surface area contributed by atoms with Crippen LogP contribution in [0.1, 0.15) is 52.0 Å². The minimum Gasteiger partial charge on any atom is -0.444 e. The van der Waals surface area contributed by atoms with Crippen molar-refractivity contribution in [3.63, 3.8) is 0 Å². The van der Waals surface area contributed by atoms with Crippen molar-refractivity contribution in [3.8, 4) is 0 Å². The Morgan fingerprint density at radius 2 is 1.67 bits per heavy atom. The Bertz CT molecular complexity index is 1000. The van der Waals surface area contributed by atoms with E-state index < -0.39 is 18.2 Å². The van der Waals surface area contributed by atoms with Crippen LogP contribution in [-0.2, 0) is 11.2 Å². The zero-order valence-corrected chi connectivity index (χ0v) is 19.4. The Hall–Kier alpha value is -2.58. The number of carbonyl (C=O) groups excluding carboxylic acids is 1. The first-order valence-corrected chi connectivity index (χ1v) is 11.5. The van der Waals surface area contributed by atoms with Crippen LogP contribution in [0.5, 0.6) is 0 Å². The summed E-state index contributed by atoms with van der Waals surface area (Å²) in [7, 11) is 0. The summed E-state index contributed by atoms with van der Waals surface area (Å²) in [6.07, 6.45) is -0.210. The smallest absolute Gasteiger partial charge is 0.410 e. The Balaban J connectivity index is 1.42. The molecule has 9 heteroatoms. The van der Waals surface area contributed by atoms with Crippen molar-refractivity contribution in [2.75, 3.05) is 31.1 Å². The molecular formula is C24H31F3N4O2. The van der Waals surface area contributed by atoms with E-state index in [0.29, 0.717) is 29.8 Å². The van der Waals surface area contributed by atoms with Gasteiger partial charge in [-0.05, 0) is 69.6 Å². The van der Waals surface area contributed by atoms with Crippen molar-refractivity contribution < 1.29 is 22.7 Å². The van der Waals surface area contributed by atoms with Crippen molar-refractivity contribution in [3.05, 3.63) is 30.1 Å². The lowest BCUT2D eigenvalue weighted by molar-refractivity contribution is -0.127. The molecule has 180 valence electrons. The molecule has 0 aliphatic carbocycles. The number of amides is 1. The van der Waals surface area contributed by atoms with Gasteiger partial charge in [-0.1, -0.05) is 6.07 Å². The van der Waals surface area contributed by atoms with E-state index >= 15 is 0 Å². The molecule has 2 fully saturated rings. The quantitative estimate of drug-likeness (QED) is 0.600. The van der Waals surface area contributed by atoms with Crippen molar-refractivity contribution in [1.82, 2.24) is 14.9 Å². The number of hydrogen-bond acceptors (Lipinski definition) is 5. The first-order valence-electron chi connectivity index (χ1n) is 11.5. The van der Waals surface area contributed by atoms with Crippen LogP contribution in [0.15, 0.2) is 24.5 Å². The number of rotatable bonds is 2. The van der Waals surface area contributed by atoms with E-state index in [1.165, 1.54) is 12.4 Å². The second kappa shape index (κ2) is 8.65. The molecular weight excluding hydrogens is 433 g/mol. The molecule has 4 rings (SSSR count). The predicted octanol–water partition coefficient (Wildman–Crippen LogP) is 5.35. The lowest BCUT2D eigenvalue weighted by Gasteiger charge is -2.47. The lowest BCUT2D eigenvalue weighted by atomic mass is 9.71. The number of piperidine rings is 2. The summed E-state index contributed by atoms with van der Waals surface area (Å²) in [5, 5.41) is 0.662. The predicted molar refractivity (Wildman–Crippen MR) is 120 cm³/mol. The standard InChI is InChI=1S/C24H31F3N4O2/c1-22(2,3)33-21(32)31-12-8-23(9-13-31)6-10-30(11-7-23)20-18-14-17(15-24(25,26)27)4-5-19(18)28-16-29-20/h4-5,14,16H,6-13,15H2,1-3H3. The third kappa shape index (κ3) is 5.68. The number of halogens is 3. The van der Waals surface area contributed by atoms with Gasteiger partial charge < -0.3 is 14.5 Å². The summed E-state index contributed by atoms with van der Waals surface area (Å²) in [6.45, 7) is 8.54. The highest BCUT2D eigenvalue weighted by atomic mass is 19.4. The number of hydrogen-bond donors (Lipinski definition) is 0. The van der Waals surface area contributed by atoms with E-state index in [1.54, 1.807) is 17.0 Å². The molecule has 2 aliphatic heterocycles. The number of fused-ring (bicyclic) bond motifs is 1. The molecule has 0 bridgehead atoms. The molecule has 1 aromatic heterocycles. The van der Waals surface area contributed by atoms with Crippen molar-refractivity contribution >= 4 is 22.8 Å². The molecule has 0 N–H and O–H groups in total. The fraction of sp³-hybridized carbons (Fsp3) is 0.625. The van der Waals surface area contributed by atoms with Gasteiger partial charge in [-0.15, -0.1) is 0 Å². The first-order chi connectivity index (χ1) is 15.4. The third-order valence-electron chi connectivity index (χ3n) is 6.68. The number of likely N-dealkylation sites (tertiary alicyclic amines) is 1. The molecule has 0 radical (unpaired) electrons. The van der Waals surface area contributed by atoms with Gasteiger partial charge >= 0.3 is 12.3 Å². The second-order valence-corrected chi connectivity index (χ2v) is 10.3. The average Bonchev–Trinajstić information content (AvgIpc) is 2.72. The van der Waals surface area contributed by atoms with Gasteiger partial charge in [-0.25, -0.2) is 14.8 Å². The van der Waals surface area contributed by atoms with Gasteiger partial charge in [0, 0.05) is 31.6 Å². The van der Waals surface area contributed by atoms with Gasteiger partial charge in [-0.3, -0.25) is 0 Å². The van der Waals surface area contributed by atoms with Gasteiger partial charge in [0.1, 0.15) is 17.7 Å². The molecule has 0 saturated carbocycles. The van der Waals surface area contributed by atoms with E-state index in [-0.39, 0.29) is 17.1 Å². The zero-order chi connectivity index (χ0) is 23.9. The van der Waals surface area contributed by atoms with E-state index in [4.69, 9.17) is 4.74 Å². The van der Waals surface area contributed by atoms with Crippen molar-refractivity contribution in [2.24, 2.45) is 5.41 Å². The maximum Gasteiger partial charge on any atom is 0.410 e. The first kappa shape index (κ1) is 23.6.